The van der Waals surface area contributed by atoms with Gasteiger partial charge in [-0.3, -0.25) is 0 Å². The molecule has 14 heavy (non-hydrogen) atoms. The molecule has 5 heteroatoms. The summed E-state index contributed by atoms with van der Waals surface area (Å²) >= 11 is 0. The lowest BCUT2D eigenvalue weighted by Gasteiger charge is -2.14. The Bertz CT molecular complexity index is 310. The molecular formula is C9H11N5. The van der Waals surface area contributed by atoms with Gasteiger partial charge in [-0.2, -0.15) is 10.5 Å². The molecule has 5 nitrogen and oxygen atoms in total. The Morgan fingerprint density at radius 1 is 1.50 bits per heavy atom. The lowest BCUT2D eigenvalue weighted by atomic mass is 9.84. The molecular weight excluding hydrogens is 178 g/mol. The molecule has 0 spiro atoms. The summed E-state index contributed by atoms with van der Waals surface area (Å²) in [7, 11) is 0. The summed E-state index contributed by atoms with van der Waals surface area (Å²) in [5, 5.41) is 21.0. The largest absolute Gasteiger partial charge is 0.197 e. The van der Waals surface area contributed by atoms with Crippen LogP contribution in [0.4, 0.5) is 0 Å². The number of azide groups is 1. The van der Waals surface area contributed by atoms with Crippen LogP contribution in [0.15, 0.2) is 17.3 Å². The molecule has 0 aromatic rings. The first-order valence-electron chi connectivity index (χ1n) is 4.19. The van der Waals surface area contributed by atoms with Gasteiger partial charge in [-0.25, -0.2) is 0 Å². The summed E-state index contributed by atoms with van der Waals surface area (Å²) in [4.78, 5) is 2.58. The second kappa shape index (κ2) is 6.54. The van der Waals surface area contributed by atoms with Gasteiger partial charge in [0.05, 0.1) is 12.1 Å². The van der Waals surface area contributed by atoms with Crippen molar-refractivity contribution in [2.45, 2.75) is 19.8 Å². The highest BCUT2D eigenvalue weighted by atomic mass is 15.1. The van der Waals surface area contributed by atoms with Gasteiger partial charge in [-0.15, -0.1) is 0 Å². The second-order valence-corrected chi connectivity index (χ2v) is 2.78. The van der Waals surface area contributed by atoms with E-state index in [2.05, 4.69) is 10.0 Å². The van der Waals surface area contributed by atoms with Gasteiger partial charge in [0.15, 0.2) is 0 Å². The van der Waals surface area contributed by atoms with E-state index in [1.54, 1.807) is 12.2 Å². The van der Waals surface area contributed by atoms with E-state index < -0.39 is 5.41 Å². The summed E-state index contributed by atoms with van der Waals surface area (Å²) in [6, 6.07) is 3.93. The van der Waals surface area contributed by atoms with Gasteiger partial charge in [0.2, 0.25) is 0 Å². The molecule has 0 saturated carbocycles. The predicted molar refractivity (Wildman–Crippen MR) is 51.7 cm³/mol. The number of rotatable bonds is 5. The Kier molecular flexibility index (Phi) is 5.62. The summed E-state index contributed by atoms with van der Waals surface area (Å²) in [5.74, 6) is 0. The number of nitriles is 2. The topological polar surface area (TPSA) is 96.3 Å². The third kappa shape index (κ3) is 3.62. The molecule has 0 atom stereocenters. The van der Waals surface area contributed by atoms with E-state index in [0.29, 0.717) is 6.42 Å². The molecule has 0 rings (SSSR count). The Morgan fingerprint density at radius 2 is 2.14 bits per heavy atom. The summed E-state index contributed by atoms with van der Waals surface area (Å²) in [5.41, 5.74) is 7.01. The molecule has 0 unspecified atom stereocenters. The first-order chi connectivity index (χ1) is 6.74. The minimum Gasteiger partial charge on any atom is -0.197 e. The van der Waals surface area contributed by atoms with E-state index in [1.807, 2.05) is 19.1 Å². The number of nitrogens with zero attached hydrogens (tertiary/aromatic N) is 5. The SMILES string of the molecule is C/C=C/CC(C#N)(C#N)CCN=[N+]=[N-]. The van der Waals surface area contributed by atoms with Crippen molar-refractivity contribution in [2.24, 2.45) is 10.5 Å². The van der Waals surface area contributed by atoms with Crippen LogP contribution in [-0.4, -0.2) is 6.54 Å². The van der Waals surface area contributed by atoms with Crippen LogP contribution in [0, 0.1) is 28.1 Å². The summed E-state index contributed by atoms with van der Waals surface area (Å²) < 4.78 is 0. The molecule has 0 aliphatic carbocycles. The highest BCUT2D eigenvalue weighted by molar-refractivity contribution is 5.16. The first-order valence-corrected chi connectivity index (χ1v) is 4.19. The van der Waals surface area contributed by atoms with Crippen molar-refractivity contribution in [2.75, 3.05) is 6.54 Å². The fourth-order valence-corrected chi connectivity index (χ4v) is 0.935. The molecule has 0 saturated heterocycles. The fraction of sp³-hybridized carbons (Fsp3) is 0.556. The predicted octanol–water partition coefficient (Wildman–Crippen LogP) is 2.69. The van der Waals surface area contributed by atoms with E-state index in [4.69, 9.17) is 16.1 Å². The molecule has 0 heterocycles. The van der Waals surface area contributed by atoms with Crippen LogP contribution in [0.5, 0.6) is 0 Å². The minimum absolute atomic E-state index is 0.176. The molecule has 0 aromatic heterocycles. The van der Waals surface area contributed by atoms with Crippen molar-refractivity contribution < 1.29 is 0 Å². The average molecular weight is 189 g/mol. The van der Waals surface area contributed by atoms with Crippen molar-refractivity contribution in [3.63, 3.8) is 0 Å². The van der Waals surface area contributed by atoms with Crippen LogP contribution < -0.4 is 0 Å². The van der Waals surface area contributed by atoms with Crippen LogP contribution in [0.2, 0.25) is 0 Å². The third-order valence-electron chi connectivity index (χ3n) is 1.83. The maximum atomic E-state index is 8.86. The van der Waals surface area contributed by atoms with Crippen LogP contribution >= 0.6 is 0 Å². The smallest absolute Gasteiger partial charge is 0.147 e. The second-order valence-electron chi connectivity index (χ2n) is 2.78. The van der Waals surface area contributed by atoms with Gasteiger partial charge in [-0.05, 0) is 25.3 Å². The normalized spacial score (nSPS) is 10.2. The van der Waals surface area contributed by atoms with Crippen molar-refractivity contribution in [3.05, 3.63) is 22.6 Å². The highest BCUT2D eigenvalue weighted by Gasteiger charge is 2.27. The van der Waals surface area contributed by atoms with Gasteiger partial charge in [-0.1, -0.05) is 17.3 Å². The molecule has 72 valence electrons. The highest BCUT2D eigenvalue weighted by Crippen LogP contribution is 2.25. The molecule has 0 radical (unpaired) electrons. The van der Waals surface area contributed by atoms with Gasteiger partial charge in [0, 0.05) is 11.5 Å². The zero-order valence-electron chi connectivity index (χ0n) is 8.01. The summed E-state index contributed by atoms with van der Waals surface area (Å²) in [6.07, 6.45) is 4.20. The molecule has 0 bridgehead atoms. The van der Waals surface area contributed by atoms with E-state index in [0.717, 1.165) is 0 Å². The number of hydrogen-bond donors (Lipinski definition) is 0. The van der Waals surface area contributed by atoms with Crippen molar-refractivity contribution >= 4 is 0 Å². The maximum absolute atomic E-state index is 8.86. The minimum atomic E-state index is -1.05. The van der Waals surface area contributed by atoms with Crippen LogP contribution in [0.1, 0.15) is 19.8 Å². The van der Waals surface area contributed by atoms with Crippen LogP contribution in [0.3, 0.4) is 0 Å². The molecule has 0 N–H and O–H groups in total. The number of hydrogen-bond acceptors (Lipinski definition) is 3. The Hall–Kier alpha value is -1.97. The van der Waals surface area contributed by atoms with Gasteiger partial charge >= 0.3 is 0 Å². The van der Waals surface area contributed by atoms with E-state index in [9.17, 15) is 0 Å². The lowest BCUT2D eigenvalue weighted by molar-refractivity contribution is 0.490. The van der Waals surface area contributed by atoms with E-state index in [1.165, 1.54) is 0 Å². The fourth-order valence-electron chi connectivity index (χ4n) is 0.935. The van der Waals surface area contributed by atoms with Crippen molar-refractivity contribution in [3.8, 4) is 12.1 Å². The van der Waals surface area contributed by atoms with E-state index >= 15 is 0 Å². The van der Waals surface area contributed by atoms with E-state index in [-0.39, 0.29) is 13.0 Å². The first kappa shape index (κ1) is 12.0. The standard InChI is InChI=1S/C9H11N5/c1-2-3-4-9(7-10,8-11)5-6-13-14-12/h2-3H,4-6H2,1H3/b3-2+. The zero-order valence-corrected chi connectivity index (χ0v) is 8.01. The van der Waals surface area contributed by atoms with Gasteiger partial charge in [0.25, 0.3) is 0 Å². The van der Waals surface area contributed by atoms with Crippen LogP contribution in [-0.2, 0) is 0 Å². The van der Waals surface area contributed by atoms with Crippen molar-refractivity contribution in [1.82, 2.24) is 0 Å². The molecule has 0 aliphatic rings. The molecule has 0 amide bonds. The van der Waals surface area contributed by atoms with Gasteiger partial charge < -0.3 is 0 Å². The Morgan fingerprint density at radius 3 is 2.57 bits per heavy atom. The van der Waals surface area contributed by atoms with Gasteiger partial charge in [0.1, 0.15) is 5.41 Å². The lowest BCUT2D eigenvalue weighted by Crippen LogP contribution is -2.16. The third-order valence-corrected chi connectivity index (χ3v) is 1.83. The zero-order chi connectivity index (χ0) is 10.9. The molecule has 0 aliphatic heterocycles. The molecule has 0 fully saturated rings. The average Bonchev–Trinajstić information content (AvgIpc) is 2.24. The monoisotopic (exact) mass is 189 g/mol. The molecule has 0 aromatic carbocycles. The maximum Gasteiger partial charge on any atom is 0.147 e. The summed E-state index contributed by atoms with van der Waals surface area (Å²) in [6.45, 7) is 2.00. The van der Waals surface area contributed by atoms with Crippen molar-refractivity contribution in [1.29, 1.82) is 10.5 Å². The Labute approximate surface area is 82.9 Å². The quantitative estimate of drug-likeness (QED) is 0.287. The van der Waals surface area contributed by atoms with Crippen LogP contribution in [0.25, 0.3) is 10.4 Å². The number of allylic oxidation sites excluding steroid dienone is 2. The Balaban J connectivity index is 4.48.